The minimum absolute atomic E-state index is 0.0663. The second-order valence-electron chi connectivity index (χ2n) is 3.52. The lowest BCUT2D eigenvalue weighted by atomic mass is 9.83. The molecule has 0 aliphatic heterocycles. The van der Waals surface area contributed by atoms with E-state index in [-0.39, 0.29) is 5.78 Å². The van der Waals surface area contributed by atoms with Crippen LogP contribution in [0, 0.1) is 0 Å². The van der Waals surface area contributed by atoms with Gasteiger partial charge in [-0.25, -0.2) is 0 Å². The van der Waals surface area contributed by atoms with Crippen molar-refractivity contribution in [2.75, 3.05) is 0 Å². The minimum Gasteiger partial charge on any atom is -0.453 e. The van der Waals surface area contributed by atoms with Gasteiger partial charge in [-0.15, -0.1) is 0 Å². The van der Waals surface area contributed by atoms with Crippen molar-refractivity contribution < 1.29 is 14.3 Å². The predicted octanol–water partition coefficient (Wildman–Crippen LogP) is 1.62. The Hall–Kier alpha value is -1.12. The Bertz CT molecular complexity index is 255. The molecule has 0 aromatic heterocycles. The summed E-state index contributed by atoms with van der Waals surface area (Å²) in [7, 11) is 0. The molecular weight excluding hydrogens is 168 g/mol. The monoisotopic (exact) mass is 182 g/mol. The number of hydrogen-bond donors (Lipinski definition) is 0. The van der Waals surface area contributed by atoms with Gasteiger partial charge in [0.1, 0.15) is 0 Å². The highest BCUT2D eigenvalue weighted by Gasteiger charge is 2.37. The van der Waals surface area contributed by atoms with Gasteiger partial charge >= 0.3 is 0 Å². The Kier molecular flexibility index (Phi) is 2.86. The van der Waals surface area contributed by atoms with Crippen LogP contribution >= 0.6 is 0 Å². The Labute approximate surface area is 77.8 Å². The first-order valence-corrected chi connectivity index (χ1v) is 4.39. The van der Waals surface area contributed by atoms with E-state index in [1.165, 1.54) is 12.5 Å². The van der Waals surface area contributed by atoms with E-state index in [9.17, 15) is 9.59 Å². The Morgan fingerprint density at radius 2 is 2.38 bits per heavy atom. The van der Waals surface area contributed by atoms with Crippen LogP contribution < -0.4 is 0 Å². The van der Waals surface area contributed by atoms with Crippen LogP contribution in [0.2, 0.25) is 0 Å². The molecule has 0 saturated carbocycles. The van der Waals surface area contributed by atoms with Gasteiger partial charge in [-0.1, -0.05) is 11.6 Å². The van der Waals surface area contributed by atoms with Gasteiger partial charge in [0.15, 0.2) is 11.4 Å². The van der Waals surface area contributed by atoms with Crippen molar-refractivity contribution in [1.29, 1.82) is 0 Å². The lowest BCUT2D eigenvalue weighted by molar-refractivity contribution is -0.156. The van der Waals surface area contributed by atoms with Crippen LogP contribution in [0.4, 0.5) is 0 Å². The number of hydrogen-bond acceptors (Lipinski definition) is 3. The van der Waals surface area contributed by atoms with Crippen LogP contribution in [0.3, 0.4) is 0 Å². The third-order valence-corrected chi connectivity index (χ3v) is 2.62. The van der Waals surface area contributed by atoms with E-state index in [1.54, 1.807) is 0 Å². The molecule has 0 amide bonds. The summed E-state index contributed by atoms with van der Waals surface area (Å²) in [5.74, 6) is -0.0663. The van der Waals surface area contributed by atoms with E-state index >= 15 is 0 Å². The number of ketones is 1. The molecule has 0 radical (unpaired) electrons. The fourth-order valence-electron chi connectivity index (χ4n) is 1.54. The molecule has 0 heterocycles. The maximum atomic E-state index is 11.3. The molecule has 0 bridgehead atoms. The van der Waals surface area contributed by atoms with Crippen molar-refractivity contribution in [1.82, 2.24) is 0 Å². The first kappa shape index (κ1) is 9.96. The lowest BCUT2D eigenvalue weighted by Gasteiger charge is -2.31. The van der Waals surface area contributed by atoms with Gasteiger partial charge in [0.25, 0.3) is 6.47 Å². The lowest BCUT2D eigenvalue weighted by Crippen LogP contribution is -2.41. The summed E-state index contributed by atoms with van der Waals surface area (Å²) in [5, 5.41) is 0. The molecule has 0 fully saturated rings. The number of Topliss-reactive ketones (excluding diaryl/α,β-unsaturated/α-hetero) is 1. The van der Waals surface area contributed by atoms with Gasteiger partial charge in [0, 0.05) is 6.42 Å². The Balaban J connectivity index is 2.81. The molecule has 0 spiro atoms. The average molecular weight is 182 g/mol. The number of allylic oxidation sites excluding steroid dienone is 1. The van der Waals surface area contributed by atoms with Gasteiger partial charge in [0.05, 0.1) is 0 Å². The standard InChI is InChI=1S/C10H14O3/c1-8-3-5-10(6-4-8,9(2)12)13-7-11/h3,7H,4-6H2,1-2H3/t10-/m0/s1. The quantitative estimate of drug-likeness (QED) is 0.492. The number of carbonyl (C=O) groups is 2. The molecule has 3 heteroatoms. The SMILES string of the molecule is CC(=O)[C@]1(OC=O)CC=C(C)CC1. The van der Waals surface area contributed by atoms with Crippen LogP contribution in [0.1, 0.15) is 33.1 Å². The molecule has 1 aliphatic carbocycles. The summed E-state index contributed by atoms with van der Waals surface area (Å²) in [6.45, 7) is 3.86. The Morgan fingerprint density at radius 1 is 1.69 bits per heavy atom. The zero-order chi connectivity index (χ0) is 9.90. The predicted molar refractivity (Wildman–Crippen MR) is 48.2 cm³/mol. The highest BCUT2D eigenvalue weighted by molar-refractivity contribution is 5.86. The smallest absolute Gasteiger partial charge is 0.294 e. The molecule has 0 aromatic carbocycles. The normalized spacial score (nSPS) is 27.7. The molecular formula is C10H14O3. The van der Waals surface area contributed by atoms with Crippen molar-refractivity contribution in [2.24, 2.45) is 0 Å². The van der Waals surface area contributed by atoms with E-state index in [2.05, 4.69) is 0 Å². The molecule has 0 N–H and O–H groups in total. The van der Waals surface area contributed by atoms with Gasteiger partial charge in [0.2, 0.25) is 0 Å². The minimum atomic E-state index is -0.874. The first-order valence-electron chi connectivity index (χ1n) is 4.39. The first-order chi connectivity index (χ1) is 6.10. The summed E-state index contributed by atoms with van der Waals surface area (Å²) in [6, 6.07) is 0. The van der Waals surface area contributed by atoms with Gasteiger partial charge in [-0.3, -0.25) is 9.59 Å². The average Bonchev–Trinajstić information content (AvgIpc) is 2.09. The largest absolute Gasteiger partial charge is 0.453 e. The molecule has 1 aliphatic rings. The zero-order valence-electron chi connectivity index (χ0n) is 8.00. The van der Waals surface area contributed by atoms with Crippen LogP contribution in [0.5, 0.6) is 0 Å². The second kappa shape index (κ2) is 3.73. The third-order valence-electron chi connectivity index (χ3n) is 2.62. The molecule has 0 unspecified atom stereocenters. The van der Waals surface area contributed by atoms with Crippen LogP contribution in [-0.4, -0.2) is 17.9 Å². The summed E-state index contributed by atoms with van der Waals surface area (Å²) < 4.78 is 4.91. The maximum absolute atomic E-state index is 11.3. The van der Waals surface area contributed by atoms with E-state index < -0.39 is 5.60 Å². The van der Waals surface area contributed by atoms with Crippen molar-refractivity contribution in [3.05, 3.63) is 11.6 Å². The van der Waals surface area contributed by atoms with Crippen molar-refractivity contribution in [3.63, 3.8) is 0 Å². The third kappa shape index (κ3) is 1.97. The molecule has 0 aromatic rings. The van der Waals surface area contributed by atoms with E-state index in [4.69, 9.17) is 4.74 Å². The van der Waals surface area contributed by atoms with Crippen LogP contribution in [0.25, 0.3) is 0 Å². The summed E-state index contributed by atoms with van der Waals surface area (Å²) in [5.41, 5.74) is 0.382. The molecule has 72 valence electrons. The summed E-state index contributed by atoms with van der Waals surface area (Å²) >= 11 is 0. The molecule has 13 heavy (non-hydrogen) atoms. The highest BCUT2D eigenvalue weighted by Crippen LogP contribution is 2.30. The van der Waals surface area contributed by atoms with Crippen LogP contribution in [0.15, 0.2) is 11.6 Å². The van der Waals surface area contributed by atoms with E-state index in [0.29, 0.717) is 19.3 Å². The Morgan fingerprint density at radius 3 is 2.77 bits per heavy atom. The number of ether oxygens (including phenoxy) is 1. The topological polar surface area (TPSA) is 43.4 Å². The zero-order valence-corrected chi connectivity index (χ0v) is 8.00. The van der Waals surface area contributed by atoms with Crippen molar-refractivity contribution in [3.8, 4) is 0 Å². The molecule has 3 nitrogen and oxygen atoms in total. The van der Waals surface area contributed by atoms with Gasteiger partial charge in [-0.05, 0) is 26.7 Å². The maximum Gasteiger partial charge on any atom is 0.294 e. The summed E-state index contributed by atoms with van der Waals surface area (Å²) in [6.07, 6.45) is 3.93. The molecule has 1 rings (SSSR count). The fourth-order valence-corrected chi connectivity index (χ4v) is 1.54. The molecule has 0 saturated heterocycles. The second-order valence-corrected chi connectivity index (χ2v) is 3.52. The summed E-state index contributed by atoms with van der Waals surface area (Å²) in [4.78, 5) is 21.6. The van der Waals surface area contributed by atoms with E-state index in [1.807, 2.05) is 13.0 Å². The van der Waals surface area contributed by atoms with Crippen molar-refractivity contribution in [2.45, 2.75) is 38.7 Å². The number of rotatable bonds is 3. The fraction of sp³-hybridized carbons (Fsp3) is 0.600. The number of carbonyl (C=O) groups excluding carboxylic acids is 2. The van der Waals surface area contributed by atoms with Gasteiger partial charge < -0.3 is 4.74 Å². The molecule has 1 atom stereocenters. The van der Waals surface area contributed by atoms with Crippen molar-refractivity contribution >= 4 is 12.3 Å². The van der Waals surface area contributed by atoms with Gasteiger partial charge in [-0.2, -0.15) is 0 Å². The van der Waals surface area contributed by atoms with Crippen LogP contribution in [-0.2, 0) is 14.3 Å². The highest BCUT2D eigenvalue weighted by atomic mass is 16.5. The van der Waals surface area contributed by atoms with E-state index in [0.717, 1.165) is 6.42 Å².